The summed E-state index contributed by atoms with van der Waals surface area (Å²) < 4.78 is 18.7. The Morgan fingerprint density at radius 1 is 1.45 bits per heavy atom. The van der Waals surface area contributed by atoms with Gasteiger partial charge in [0.15, 0.2) is 0 Å². The highest BCUT2D eigenvalue weighted by Crippen LogP contribution is 2.31. The number of likely N-dealkylation sites (tertiary alicyclic amines) is 1. The second kappa shape index (κ2) is 6.44. The first-order valence-electron chi connectivity index (χ1n) is 7.23. The number of nitrogens with zero attached hydrogens (tertiary/aromatic N) is 2. The van der Waals surface area contributed by atoms with Gasteiger partial charge in [0, 0.05) is 36.9 Å². The van der Waals surface area contributed by atoms with Crippen molar-refractivity contribution in [2.75, 3.05) is 20.2 Å². The Morgan fingerprint density at radius 3 is 3.05 bits per heavy atom. The average molecular weight is 320 g/mol. The predicted octanol–water partition coefficient (Wildman–Crippen LogP) is 3.12. The van der Waals surface area contributed by atoms with E-state index in [4.69, 9.17) is 4.74 Å². The van der Waals surface area contributed by atoms with Crippen molar-refractivity contribution in [3.05, 3.63) is 34.4 Å². The molecule has 1 aromatic carbocycles. The number of carbonyl (C=O) groups is 1. The predicted molar refractivity (Wildman–Crippen MR) is 83.6 cm³/mol. The monoisotopic (exact) mass is 320 g/mol. The molecule has 0 atom stereocenters. The molecule has 0 aliphatic carbocycles. The van der Waals surface area contributed by atoms with Crippen LogP contribution in [0.4, 0.5) is 4.39 Å². The molecule has 4 nitrogen and oxygen atoms in total. The fraction of sp³-hybridized carbons (Fsp3) is 0.375. The van der Waals surface area contributed by atoms with Crippen LogP contribution >= 0.6 is 11.3 Å². The minimum absolute atomic E-state index is 0.226. The number of aromatic nitrogens is 1. The molecule has 6 heteroatoms. The molecule has 0 spiro atoms. The lowest BCUT2D eigenvalue weighted by Crippen LogP contribution is -2.26. The van der Waals surface area contributed by atoms with E-state index in [0.29, 0.717) is 30.0 Å². The van der Waals surface area contributed by atoms with Crippen LogP contribution in [0.5, 0.6) is 5.75 Å². The van der Waals surface area contributed by atoms with E-state index in [1.165, 1.54) is 23.5 Å². The third-order valence-corrected chi connectivity index (χ3v) is 4.66. The number of halogens is 1. The summed E-state index contributed by atoms with van der Waals surface area (Å²) in [5.41, 5.74) is 1.37. The number of hydrogen-bond donors (Lipinski definition) is 0. The Balaban J connectivity index is 1.73. The number of ether oxygens (including phenoxy) is 1. The van der Waals surface area contributed by atoms with E-state index in [-0.39, 0.29) is 11.7 Å². The molecular formula is C16H17FN2O2S. The summed E-state index contributed by atoms with van der Waals surface area (Å²) in [7, 11) is 1.56. The highest BCUT2D eigenvalue weighted by Gasteiger charge is 2.20. The number of hydrogen-bond acceptors (Lipinski definition) is 4. The fourth-order valence-electron chi connectivity index (χ4n) is 2.60. The van der Waals surface area contributed by atoms with Crippen molar-refractivity contribution in [1.82, 2.24) is 9.88 Å². The molecule has 1 aliphatic heterocycles. The number of methoxy groups -OCH3 is 1. The Bertz CT molecular complexity index is 687. The van der Waals surface area contributed by atoms with E-state index in [2.05, 4.69) is 4.98 Å². The maximum Gasteiger partial charge on any atom is 0.222 e. The van der Waals surface area contributed by atoms with Gasteiger partial charge in [-0.3, -0.25) is 4.79 Å². The normalized spacial score (nSPS) is 14.6. The first kappa shape index (κ1) is 15.0. The SMILES string of the molecule is COc1ccc(F)cc1-c1csc(CCN2CCCC2=O)n1. The van der Waals surface area contributed by atoms with Crippen LogP contribution in [0, 0.1) is 5.82 Å². The van der Waals surface area contributed by atoms with Gasteiger partial charge < -0.3 is 9.64 Å². The molecule has 1 aliphatic rings. The van der Waals surface area contributed by atoms with Crippen LogP contribution in [0.25, 0.3) is 11.3 Å². The van der Waals surface area contributed by atoms with Crippen LogP contribution in [0.3, 0.4) is 0 Å². The fourth-order valence-corrected chi connectivity index (χ4v) is 3.39. The van der Waals surface area contributed by atoms with Crippen molar-refractivity contribution in [3.8, 4) is 17.0 Å². The van der Waals surface area contributed by atoms with Gasteiger partial charge in [0.2, 0.25) is 5.91 Å². The van der Waals surface area contributed by atoms with Crippen LogP contribution in [-0.2, 0) is 11.2 Å². The van der Waals surface area contributed by atoms with Gasteiger partial charge in [0.25, 0.3) is 0 Å². The van der Waals surface area contributed by atoms with Gasteiger partial charge in [0.05, 0.1) is 17.8 Å². The van der Waals surface area contributed by atoms with Gasteiger partial charge in [-0.2, -0.15) is 0 Å². The van der Waals surface area contributed by atoms with Gasteiger partial charge in [-0.05, 0) is 24.6 Å². The van der Waals surface area contributed by atoms with Crippen molar-refractivity contribution >= 4 is 17.2 Å². The van der Waals surface area contributed by atoms with Crippen LogP contribution in [0.1, 0.15) is 17.8 Å². The number of carbonyl (C=O) groups excluding carboxylic acids is 1. The molecule has 1 amide bonds. The molecule has 2 aromatic rings. The number of amides is 1. The summed E-state index contributed by atoms with van der Waals surface area (Å²) in [6.45, 7) is 1.54. The molecule has 0 unspecified atom stereocenters. The average Bonchev–Trinajstić information content (AvgIpc) is 3.14. The quantitative estimate of drug-likeness (QED) is 0.850. The van der Waals surface area contributed by atoms with Crippen LogP contribution in [0.15, 0.2) is 23.6 Å². The Kier molecular flexibility index (Phi) is 4.38. The maximum atomic E-state index is 13.4. The minimum atomic E-state index is -0.312. The number of thiazole rings is 1. The highest BCUT2D eigenvalue weighted by molar-refractivity contribution is 7.09. The molecule has 1 fully saturated rings. The van der Waals surface area contributed by atoms with E-state index in [9.17, 15) is 9.18 Å². The molecule has 1 saturated heterocycles. The first-order chi connectivity index (χ1) is 10.7. The summed E-state index contributed by atoms with van der Waals surface area (Å²) in [5.74, 6) is 0.518. The summed E-state index contributed by atoms with van der Waals surface area (Å²) in [6, 6.07) is 4.41. The number of benzene rings is 1. The van der Waals surface area contributed by atoms with Gasteiger partial charge in [0.1, 0.15) is 11.6 Å². The molecule has 0 saturated carbocycles. The summed E-state index contributed by atoms with van der Waals surface area (Å²) in [5, 5.41) is 2.85. The minimum Gasteiger partial charge on any atom is -0.496 e. The zero-order chi connectivity index (χ0) is 15.5. The van der Waals surface area contributed by atoms with Crippen molar-refractivity contribution < 1.29 is 13.9 Å². The summed E-state index contributed by atoms with van der Waals surface area (Å²) in [6.07, 6.45) is 2.33. The van der Waals surface area contributed by atoms with Crippen LogP contribution in [0.2, 0.25) is 0 Å². The van der Waals surface area contributed by atoms with Gasteiger partial charge in [-0.25, -0.2) is 9.37 Å². The Hall–Kier alpha value is -1.95. The molecule has 22 heavy (non-hydrogen) atoms. The Morgan fingerprint density at radius 2 is 2.32 bits per heavy atom. The molecule has 3 rings (SSSR count). The summed E-state index contributed by atoms with van der Waals surface area (Å²) in [4.78, 5) is 18.0. The van der Waals surface area contributed by atoms with Gasteiger partial charge in [-0.1, -0.05) is 0 Å². The van der Waals surface area contributed by atoms with Crippen molar-refractivity contribution in [2.24, 2.45) is 0 Å². The van der Waals surface area contributed by atoms with E-state index in [1.54, 1.807) is 13.2 Å². The largest absolute Gasteiger partial charge is 0.496 e. The molecule has 2 heterocycles. The standard InChI is InChI=1S/C16H17FN2O2S/c1-21-14-5-4-11(17)9-12(14)13-10-22-15(18-13)6-8-19-7-2-3-16(19)20/h4-5,9-10H,2-3,6-8H2,1H3. The zero-order valence-corrected chi connectivity index (χ0v) is 13.2. The highest BCUT2D eigenvalue weighted by atomic mass is 32.1. The van der Waals surface area contributed by atoms with Crippen molar-refractivity contribution in [3.63, 3.8) is 0 Å². The smallest absolute Gasteiger partial charge is 0.222 e. The second-order valence-electron chi connectivity index (χ2n) is 5.21. The molecule has 0 N–H and O–H groups in total. The Labute approximate surface area is 132 Å². The second-order valence-corrected chi connectivity index (χ2v) is 6.15. The molecular weight excluding hydrogens is 303 g/mol. The van der Waals surface area contributed by atoms with Gasteiger partial charge >= 0.3 is 0 Å². The van der Waals surface area contributed by atoms with Gasteiger partial charge in [-0.15, -0.1) is 11.3 Å². The lowest BCUT2D eigenvalue weighted by atomic mass is 10.1. The molecule has 1 aromatic heterocycles. The number of rotatable bonds is 5. The third kappa shape index (κ3) is 3.11. The lowest BCUT2D eigenvalue weighted by molar-refractivity contribution is -0.127. The molecule has 0 bridgehead atoms. The molecule has 0 radical (unpaired) electrons. The van der Waals surface area contributed by atoms with Crippen molar-refractivity contribution in [1.29, 1.82) is 0 Å². The first-order valence-corrected chi connectivity index (χ1v) is 8.11. The topological polar surface area (TPSA) is 42.4 Å². The lowest BCUT2D eigenvalue weighted by Gasteiger charge is -2.13. The van der Waals surface area contributed by atoms with Crippen LogP contribution < -0.4 is 4.74 Å². The third-order valence-electron chi connectivity index (χ3n) is 3.76. The summed E-state index contributed by atoms with van der Waals surface area (Å²) >= 11 is 1.53. The maximum absolute atomic E-state index is 13.4. The zero-order valence-electron chi connectivity index (χ0n) is 12.3. The van der Waals surface area contributed by atoms with E-state index in [0.717, 1.165) is 24.4 Å². The van der Waals surface area contributed by atoms with Crippen molar-refractivity contribution in [2.45, 2.75) is 19.3 Å². The van der Waals surface area contributed by atoms with E-state index in [1.807, 2.05) is 10.3 Å². The molecule has 116 valence electrons. The van der Waals surface area contributed by atoms with E-state index >= 15 is 0 Å². The van der Waals surface area contributed by atoms with Crippen LogP contribution in [-0.4, -0.2) is 36.0 Å². The van der Waals surface area contributed by atoms with E-state index < -0.39 is 0 Å².